The highest BCUT2D eigenvalue weighted by molar-refractivity contribution is 5.57. The number of rotatable bonds is 6. The van der Waals surface area contributed by atoms with E-state index in [0.717, 1.165) is 43.3 Å². The summed E-state index contributed by atoms with van der Waals surface area (Å²) >= 11 is 0. The fraction of sp³-hybridized carbons (Fsp3) is 0.667. The fourth-order valence-corrected chi connectivity index (χ4v) is 1.70. The summed E-state index contributed by atoms with van der Waals surface area (Å²) in [5.74, 6) is 2.00. The Morgan fingerprint density at radius 1 is 1.19 bits per heavy atom. The van der Waals surface area contributed by atoms with Crippen LogP contribution in [0.1, 0.15) is 32.8 Å². The lowest BCUT2D eigenvalue weighted by Crippen LogP contribution is -2.24. The minimum absolute atomic E-state index is 0.954. The largest absolute Gasteiger partial charge is 0.370 e. The van der Waals surface area contributed by atoms with Crippen molar-refractivity contribution < 1.29 is 0 Å². The number of hydrogen-bond acceptors (Lipinski definition) is 4. The first-order valence-corrected chi connectivity index (χ1v) is 6.04. The van der Waals surface area contributed by atoms with Gasteiger partial charge in [-0.05, 0) is 27.2 Å². The van der Waals surface area contributed by atoms with E-state index >= 15 is 0 Å². The summed E-state index contributed by atoms with van der Waals surface area (Å²) in [7, 11) is 0. The van der Waals surface area contributed by atoms with Gasteiger partial charge in [-0.15, -0.1) is 0 Å². The van der Waals surface area contributed by atoms with Crippen LogP contribution in [-0.2, 0) is 0 Å². The molecule has 1 rings (SSSR count). The molecule has 0 atom stereocenters. The van der Waals surface area contributed by atoms with Crippen LogP contribution in [0.5, 0.6) is 0 Å². The van der Waals surface area contributed by atoms with Crippen molar-refractivity contribution in [2.24, 2.45) is 0 Å². The molecule has 0 saturated carbocycles. The van der Waals surface area contributed by atoms with E-state index in [4.69, 9.17) is 0 Å². The minimum atomic E-state index is 0.954. The SMILES string of the molecule is CCCNc1ncnc(N(CC)CC)c1C. The van der Waals surface area contributed by atoms with Crippen LogP contribution in [0.2, 0.25) is 0 Å². The Bertz CT molecular complexity index is 321. The van der Waals surface area contributed by atoms with E-state index in [9.17, 15) is 0 Å². The second kappa shape index (κ2) is 6.30. The summed E-state index contributed by atoms with van der Waals surface area (Å²) in [6, 6.07) is 0. The van der Waals surface area contributed by atoms with Crippen LogP contribution in [0.3, 0.4) is 0 Å². The van der Waals surface area contributed by atoms with Crippen molar-refractivity contribution in [1.29, 1.82) is 0 Å². The fourth-order valence-electron chi connectivity index (χ4n) is 1.70. The molecule has 4 heteroatoms. The molecule has 90 valence electrons. The van der Waals surface area contributed by atoms with Crippen LogP contribution in [0.25, 0.3) is 0 Å². The van der Waals surface area contributed by atoms with Gasteiger partial charge in [0.05, 0.1) is 0 Å². The van der Waals surface area contributed by atoms with Crippen LogP contribution in [-0.4, -0.2) is 29.6 Å². The molecule has 1 heterocycles. The van der Waals surface area contributed by atoms with Crippen molar-refractivity contribution in [3.63, 3.8) is 0 Å². The number of aromatic nitrogens is 2. The van der Waals surface area contributed by atoms with Gasteiger partial charge >= 0.3 is 0 Å². The smallest absolute Gasteiger partial charge is 0.137 e. The van der Waals surface area contributed by atoms with E-state index in [2.05, 4.69) is 47.9 Å². The summed E-state index contributed by atoms with van der Waals surface area (Å²) in [6.07, 6.45) is 2.74. The molecule has 0 radical (unpaired) electrons. The van der Waals surface area contributed by atoms with Gasteiger partial charge in [0.15, 0.2) is 0 Å². The van der Waals surface area contributed by atoms with Gasteiger partial charge in [-0.25, -0.2) is 9.97 Å². The van der Waals surface area contributed by atoms with E-state index in [1.165, 1.54) is 0 Å². The molecule has 4 nitrogen and oxygen atoms in total. The second-order valence-corrected chi connectivity index (χ2v) is 3.77. The van der Waals surface area contributed by atoms with Gasteiger partial charge in [-0.3, -0.25) is 0 Å². The van der Waals surface area contributed by atoms with Gasteiger partial charge < -0.3 is 10.2 Å². The molecule has 0 spiro atoms. The zero-order valence-electron chi connectivity index (χ0n) is 10.7. The summed E-state index contributed by atoms with van der Waals surface area (Å²) < 4.78 is 0. The highest BCUT2D eigenvalue weighted by atomic mass is 15.2. The first-order chi connectivity index (χ1) is 7.74. The maximum Gasteiger partial charge on any atom is 0.137 e. The molecular weight excluding hydrogens is 200 g/mol. The van der Waals surface area contributed by atoms with Gasteiger partial charge in [0, 0.05) is 25.2 Å². The molecule has 16 heavy (non-hydrogen) atoms. The first-order valence-electron chi connectivity index (χ1n) is 6.04. The maximum absolute atomic E-state index is 4.36. The topological polar surface area (TPSA) is 41.1 Å². The molecule has 1 aromatic heterocycles. The van der Waals surface area contributed by atoms with Crippen molar-refractivity contribution in [3.8, 4) is 0 Å². The average Bonchev–Trinajstić information content (AvgIpc) is 2.31. The van der Waals surface area contributed by atoms with E-state index < -0.39 is 0 Å². The average molecular weight is 222 g/mol. The molecule has 0 fully saturated rings. The predicted octanol–water partition coefficient (Wildman–Crippen LogP) is 2.45. The molecule has 1 aromatic rings. The van der Waals surface area contributed by atoms with E-state index in [-0.39, 0.29) is 0 Å². The van der Waals surface area contributed by atoms with Gasteiger partial charge in [-0.1, -0.05) is 6.92 Å². The summed E-state index contributed by atoms with van der Waals surface area (Å²) in [5, 5.41) is 3.33. The van der Waals surface area contributed by atoms with Gasteiger partial charge in [0.2, 0.25) is 0 Å². The third-order valence-corrected chi connectivity index (χ3v) is 2.66. The maximum atomic E-state index is 4.36. The molecule has 0 unspecified atom stereocenters. The van der Waals surface area contributed by atoms with Crippen molar-refractivity contribution in [1.82, 2.24) is 9.97 Å². The second-order valence-electron chi connectivity index (χ2n) is 3.77. The summed E-state index contributed by atoms with van der Waals surface area (Å²) in [6.45, 7) is 11.4. The van der Waals surface area contributed by atoms with Crippen LogP contribution in [0.15, 0.2) is 6.33 Å². The Morgan fingerprint density at radius 3 is 2.44 bits per heavy atom. The lowest BCUT2D eigenvalue weighted by atomic mass is 10.2. The van der Waals surface area contributed by atoms with Crippen LogP contribution < -0.4 is 10.2 Å². The molecular formula is C12H22N4. The molecule has 0 aliphatic heterocycles. The Balaban J connectivity index is 2.93. The molecule has 1 N–H and O–H groups in total. The first kappa shape index (κ1) is 12.7. The van der Waals surface area contributed by atoms with Crippen molar-refractivity contribution >= 4 is 11.6 Å². The quantitative estimate of drug-likeness (QED) is 0.802. The number of nitrogens with zero attached hydrogens (tertiary/aromatic N) is 3. The van der Waals surface area contributed by atoms with E-state index in [0.29, 0.717) is 0 Å². The van der Waals surface area contributed by atoms with Crippen LogP contribution in [0.4, 0.5) is 11.6 Å². The van der Waals surface area contributed by atoms with Gasteiger partial charge in [0.1, 0.15) is 18.0 Å². The Kier molecular flexibility index (Phi) is 5.02. The molecule has 0 amide bonds. The van der Waals surface area contributed by atoms with E-state index in [1.807, 2.05) is 0 Å². The highest BCUT2D eigenvalue weighted by Gasteiger charge is 2.10. The lowest BCUT2D eigenvalue weighted by molar-refractivity contribution is 0.833. The Hall–Kier alpha value is -1.32. The molecule has 0 bridgehead atoms. The number of nitrogens with one attached hydrogen (secondary N) is 1. The van der Waals surface area contributed by atoms with Crippen molar-refractivity contribution in [2.45, 2.75) is 34.1 Å². The number of anilines is 2. The highest BCUT2D eigenvalue weighted by Crippen LogP contribution is 2.21. The normalized spacial score (nSPS) is 10.2. The van der Waals surface area contributed by atoms with Crippen LogP contribution in [0, 0.1) is 6.92 Å². The Morgan fingerprint density at radius 2 is 1.88 bits per heavy atom. The molecule has 0 aromatic carbocycles. The standard InChI is InChI=1S/C12H22N4/c1-5-8-13-11-10(4)12(15-9-14-11)16(6-2)7-3/h9H,5-8H2,1-4H3,(H,13,14,15). The molecule has 0 aliphatic carbocycles. The van der Waals surface area contributed by atoms with Crippen molar-refractivity contribution in [2.75, 3.05) is 29.9 Å². The van der Waals surface area contributed by atoms with Crippen LogP contribution >= 0.6 is 0 Å². The van der Waals surface area contributed by atoms with Gasteiger partial charge in [0.25, 0.3) is 0 Å². The number of hydrogen-bond donors (Lipinski definition) is 1. The van der Waals surface area contributed by atoms with Gasteiger partial charge in [-0.2, -0.15) is 0 Å². The predicted molar refractivity (Wildman–Crippen MR) is 69.1 cm³/mol. The zero-order valence-corrected chi connectivity index (χ0v) is 10.7. The van der Waals surface area contributed by atoms with E-state index in [1.54, 1.807) is 6.33 Å². The lowest BCUT2D eigenvalue weighted by Gasteiger charge is -2.22. The summed E-state index contributed by atoms with van der Waals surface area (Å²) in [4.78, 5) is 10.9. The molecule has 0 aliphatic rings. The summed E-state index contributed by atoms with van der Waals surface area (Å²) in [5.41, 5.74) is 1.14. The Labute approximate surface area is 98.1 Å². The zero-order chi connectivity index (χ0) is 12.0. The molecule has 0 saturated heterocycles. The van der Waals surface area contributed by atoms with Crippen molar-refractivity contribution in [3.05, 3.63) is 11.9 Å². The third-order valence-electron chi connectivity index (χ3n) is 2.66. The third kappa shape index (κ3) is 2.84. The minimum Gasteiger partial charge on any atom is -0.370 e. The monoisotopic (exact) mass is 222 g/mol.